The van der Waals surface area contributed by atoms with Crippen LogP contribution in [0.1, 0.15) is 26.2 Å². The molecule has 0 aliphatic carbocycles. The van der Waals surface area contributed by atoms with Crippen LogP contribution in [0.25, 0.3) is 0 Å². The first-order valence-corrected chi connectivity index (χ1v) is 5.35. The molecule has 0 spiro atoms. The highest BCUT2D eigenvalue weighted by Gasteiger charge is 2.21. The van der Waals surface area contributed by atoms with Gasteiger partial charge in [-0.1, -0.05) is 6.92 Å². The second kappa shape index (κ2) is 5.32. The van der Waals surface area contributed by atoms with Crippen LogP contribution < -0.4 is 11.1 Å². The van der Waals surface area contributed by atoms with E-state index in [4.69, 9.17) is 5.73 Å². The Bertz CT molecular complexity index is 196. The number of nitrogens with one attached hydrogen (secondary N) is 1. The Hall–Kier alpha value is -0.610. The van der Waals surface area contributed by atoms with Crippen molar-refractivity contribution in [2.75, 3.05) is 20.1 Å². The zero-order valence-corrected chi connectivity index (χ0v) is 9.12. The van der Waals surface area contributed by atoms with Gasteiger partial charge in [-0.3, -0.25) is 4.79 Å². The van der Waals surface area contributed by atoms with Gasteiger partial charge in [-0.15, -0.1) is 0 Å². The molecule has 1 heterocycles. The van der Waals surface area contributed by atoms with Gasteiger partial charge in [0.2, 0.25) is 5.91 Å². The number of amides is 1. The molecule has 0 saturated carbocycles. The first kappa shape index (κ1) is 11.5. The third-order valence-electron chi connectivity index (χ3n) is 2.73. The molecule has 0 bridgehead atoms. The molecule has 14 heavy (non-hydrogen) atoms. The number of hydrogen-bond acceptors (Lipinski definition) is 3. The topological polar surface area (TPSA) is 58.4 Å². The number of nitrogens with two attached hydrogens (primary N) is 1. The van der Waals surface area contributed by atoms with Gasteiger partial charge in [-0.25, -0.2) is 0 Å². The Balaban J connectivity index is 2.20. The Kier molecular flexibility index (Phi) is 4.35. The average Bonchev–Trinajstić information content (AvgIpc) is 2.50. The van der Waals surface area contributed by atoms with Crippen molar-refractivity contribution in [2.24, 2.45) is 5.73 Å². The molecule has 1 rings (SSSR count). The molecule has 3 N–H and O–H groups in total. The van der Waals surface area contributed by atoms with E-state index >= 15 is 0 Å². The van der Waals surface area contributed by atoms with Crippen molar-refractivity contribution >= 4 is 5.91 Å². The van der Waals surface area contributed by atoms with Crippen molar-refractivity contribution in [2.45, 2.75) is 38.3 Å². The van der Waals surface area contributed by atoms with Gasteiger partial charge in [0.05, 0.1) is 0 Å². The molecule has 1 saturated heterocycles. The Morgan fingerprint density at radius 3 is 2.93 bits per heavy atom. The molecule has 82 valence electrons. The van der Waals surface area contributed by atoms with Crippen molar-refractivity contribution in [3.8, 4) is 0 Å². The predicted molar refractivity (Wildman–Crippen MR) is 56.9 cm³/mol. The number of likely N-dealkylation sites (N-methyl/N-ethyl adjacent to an activating group) is 1. The highest BCUT2D eigenvalue weighted by Crippen LogP contribution is 2.06. The molecular formula is C10H21N3O. The molecule has 0 aromatic rings. The lowest BCUT2D eigenvalue weighted by Gasteiger charge is -2.14. The van der Waals surface area contributed by atoms with E-state index in [0.29, 0.717) is 12.5 Å². The number of carbonyl (C=O) groups excluding carboxylic acids is 1. The molecule has 0 aromatic carbocycles. The lowest BCUT2D eigenvalue weighted by molar-refractivity contribution is -0.122. The van der Waals surface area contributed by atoms with Crippen LogP contribution >= 0.6 is 0 Å². The van der Waals surface area contributed by atoms with E-state index in [1.807, 2.05) is 6.92 Å². The first-order valence-electron chi connectivity index (χ1n) is 5.35. The van der Waals surface area contributed by atoms with Crippen LogP contribution in [0.3, 0.4) is 0 Å². The van der Waals surface area contributed by atoms with Gasteiger partial charge in [0.25, 0.3) is 0 Å². The molecule has 1 aliphatic heterocycles. The van der Waals surface area contributed by atoms with Crippen LogP contribution in [0, 0.1) is 0 Å². The molecule has 1 amide bonds. The van der Waals surface area contributed by atoms with E-state index in [2.05, 4.69) is 17.3 Å². The average molecular weight is 199 g/mol. The van der Waals surface area contributed by atoms with E-state index in [1.165, 1.54) is 0 Å². The van der Waals surface area contributed by atoms with Crippen LogP contribution in [-0.2, 0) is 4.79 Å². The molecule has 2 unspecified atom stereocenters. The van der Waals surface area contributed by atoms with Crippen LogP contribution in [0.4, 0.5) is 0 Å². The summed E-state index contributed by atoms with van der Waals surface area (Å²) in [6.07, 6.45) is 2.37. The molecule has 4 nitrogen and oxygen atoms in total. The van der Waals surface area contributed by atoms with E-state index in [0.717, 1.165) is 25.9 Å². The van der Waals surface area contributed by atoms with Crippen LogP contribution in [0.15, 0.2) is 0 Å². The molecule has 1 aliphatic rings. The van der Waals surface area contributed by atoms with Crippen LogP contribution in [0.5, 0.6) is 0 Å². The zero-order valence-electron chi connectivity index (χ0n) is 9.12. The second-order valence-electron chi connectivity index (χ2n) is 4.19. The molecule has 0 aromatic heterocycles. The lowest BCUT2D eigenvalue weighted by Crippen LogP contribution is -2.39. The summed E-state index contributed by atoms with van der Waals surface area (Å²) < 4.78 is 0. The van der Waals surface area contributed by atoms with Crippen molar-refractivity contribution in [3.05, 3.63) is 0 Å². The zero-order chi connectivity index (χ0) is 10.6. The van der Waals surface area contributed by atoms with Gasteiger partial charge in [-0.05, 0) is 26.4 Å². The quantitative estimate of drug-likeness (QED) is 0.666. The number of carbonyl (C=O) groups is 1. The standard InChI is InChI=1S/C10H21N3O/c1-3-8(11)6-10(14)12-9-4-5-13(2)7-9/h8-9H,3-7,11H2,1-2H3,(H,12,14). The highest BCUT2D eigenvalue weighted by molar-refractivity contribution is 5.76. The van der Waals surface area contributed by atoms with E-state index < -0.39 is 0 Å². The second-order valence-corrected chi connectivity index (χ2v) is 4.19. The van der Waals surface area contributed by atoms with E-state index in [1.54, 1.807) is 0 Å². The largest absolute Gasteiger partial charge is 0.352 e. The summed E-state index contributed by atoms with van der Waals surface area (Å²) in [7, 11) is 2.07. The smallest absolute Gasteiger partial charge is 0.221 e. The number of likely N-dealkylation sites (tertiary alicyclic amines) is 1. The van der Waals surface area contributed by atoms with Gasteiger partial charge in [0, 0.05) is 25.0 Å². The Morgan fingerprint density at radius 1 is 1.71 bits per heavy atom. The molecular weight excluding hydrogens is 178 g/mol. The summed E-state index contributed by atoms with van der Waals surface area (Å²) in [5, 5.41) is 3.01. The summed E-state index contributed by atoms with van der Waals surface area (Å²) >= 11 is 0. The summed E-state index contributed by atoms with van der Waals surface area (Å²) in [6, 6.07) is 0.339. The first-order chi connectivity index (χ1) is 6.61. The normalized spacial score (nSPS) is 24.9. The minimum atomic E-state index is 0.00846. The minimum Gasteiger partial charge on any atom is -0.352 e. The van der Waals surface area contributed by atoms with Gasteiger partial charge in [0.15, 0.2) is 0 Å². The predicted octanol–water partition coefficient (Wildman–Crippen LogP) is -0.0659. The van der Waals surface area contributed by atoms with Crippen molar-refractivity contribution in [1.82, 2.24) is 10.2 Å². The summed E-state index contributed by atoms with van der Waals surface area (Å²) in [6.45, 7) is 4.04. The molecule has 4 heteroatoms. The lowest BCUT2D eigenvalue weighted by atomic mass is 10.1. The molecule has 2 atom stereocenters. The summed E-state index contributed by atoms with van der Waals surface area (Å²) in [4.78, 5) is 13.7. The third-order valence-corrected chi connectivity index (χ3v) is 2.73. The third kappa shape index (κ3) is 3.64. The van der Waals surface area contributed by atoms with E-state index in [-0.39, 0.29) is 11.9 Å². The maximum Gasteiger partial charge on any atom is 0.221 e. The summed E-state index contributed by atoms with van der Waals surface area (Å²) in [5.41, 5.74) is 5.70. The Morgan fingerprint density at radius 2 is 2.43 bits per heavy atom. The molecule has 1 fully saturated rings. The summed E-state index contributed by atoms with van der Waals surface area (Å²) in [5.74, 6) is 0.0969. The van der Waals surface area contributed by atoms with Crippen molar-refractivity contribution in [3.63, 3.8) is 0 Å². The number of rotatable bonds is 4. The van der Waals surface area contributed by atoms with Gasteiger partial charge < -0.3 is 16.0 Å². The Labute approximate surface area is 85.8 Å². The maximum absolute atomic E-state index is 11.5. The fourth-order valence-corrected chi connectivity index (χ4v) is 1.72. The van der Waals surface area contributed by atoms with E-state index in [9.17, 15) is 4.79 Å². The highest BCUT2D eigenvalue weighted by atomic mass is 16.1. The van der Waals surface area contributed by atoms with Gasteiger partial charge in [0.1, 0.15) is 0 Å². The van der Waals surface area contributed by atoms with Crippen LogP contribution in [-0.4, -0.2) is 43.0 Å². The number of hydrogen-bond donors (Lipinski definition) is 2. The molecule has 0 radical (unpaired) electrons. The van der Waals surface area contributed by atoms with Crippen molar-refractivity contribution in [1.29, 1.82) is 0 Å². The maximum atomic E-state index is 11.5. The van der Waals surface area contributed by atoms with Crippen molar-refractivity contribution < 1.29 is 4.79 Å². The minimum absolute atomic E-state index is 0.00846. The van der Waals surface area contributed by atoms with Gasteiger partial charge in [-0.2, -0.15) is 0 Å². The van der Waals surface area contributed by atoms with Gasteiger partial charge >= 0.3 is 0 Å². The van der Waals surface area contributed by atoms with Crippen LogP contribution in [0.2, 0.25) is 0 Å². The SMILES string of the molecule is CCC(N)CC(=O)NC1CCN(C)C1. The number of nitrogens with zero attached hydrogens (tertiary/aromatic N) is 1. The monoisotopic (exact) mass is 199 g/mol. The fourth-order valence-electron chi connectivity index (χ4n) is 1.72. The fraction of sp³-hybridized carbons (Fsp3) is 0.900.